The molecular weight excluding hydrogens is 356 g/mol. The third-order valence-corrected chi connectivity index (χ3v) is 5.66. The number of morpholine rings is 1. The Bertz CT molecular complexity index is 618. The molecule has 1 saturated carbocycles. The van der Waals surface area contributed by atoms with E-state index in [1.54, 1.807) is 4.90 Å². The third kappa shape index (κ3) is 7.08. The first-order valence-corrected chi connectivity index (χ1v) is 10.5. The van der Waals surface area contributed by atoms with Crippen molar-refractivity contribution in [3.05, 3.63) is 29.8 Å². The average molecular weight is 391 g/mol. The lowest BCUT2D eigenvalue weighted by Gasteiger charge is -2.34. The third-order valence-electron chi connectivity index (χ3n) is 5.66. The van der Waals surface area contributed by atoms with Crippen LogP contribution in [0.25, 0.3) is 0 Å². The van der Waals surface area contributed by atoms with Gasteiger partial charge >= 0.3 is 5.97 Å². The lowest BCUT2D eigenvalue weighted by Crippen LogP contribution is -2.47. The fourth-order valence-electron chi connectivity index (χ4n) is 4.24. The molecule has 6 nitrogen and oxygen atoms in total. The number of carboxylic acid groups (broad SMARTS) is 1. The molecule has 1 aromatic carbocycles. The molecule has 156 valence electrons. The summed E-state index contributed by atoms with van der Waals surface area (Å²) in [5.74, 6) is 0.870. The van der Waals surface area contributed by atoms with Crippen molar-refractivity contribution in [2.75, 3.05) is 46.4 Å². The Balaban J connectivity index is 1.46. The van der Waals surface area contributed by atoms with Crippen molar-refractivity contribution in [3.63, 3.8) is 0 Å². The molecule has 2 fully saturated rings. The number of carboxylic acids is 1. The molecule has 28 heavy (non-hydrogen) atoms. The van der Waals surface area contributed by atoms with Crippen molar-refractivity contribution in [1.82, 2.24) is 9.80 Å². The molecular formula is C22H34N2O4. The summed E-state index contributed by atoms with van der Waals surface area (Å²) >= 11 is 0. The zero-order valence-electron chi connectivity index (χ0n) is 17.0. The highest BCUT2D eigenvalue weighted by atomic mass is 16.5. The van der Waals surface area contributed by atoms with Crippen LogP contribution in [0.1, 0.15) is 37.7 Å². The summed E-state index contributed by atoms with van der Waals surface area (Å²) in [5, 5.41) is 8.91. The summed E-state index contributed by atoms with van der Waals surface area (Å²) in [6.07, 6.45) is 6.69. The zero-order valence-corrected chi connectivity index (χ0v) is 17.0. The van der Waals surface area contributed by atoms with E-state index in [0.717, 1.165) is 32.0 Å². The number of likely N-dealkylation sites (N-methyl/N-ethyl adjacent to an activating group) is 1. The maximum atomic E-state index is 10.8. The lowest BCUT2D eigenvalue weighted by atomic mass is 9.90. The summed E-state index contributed by atoms with van der Waals surface area (Å²) in [6.45, 7) is 4.77. The molecule has 0 spiro atoms. The molecule has 1 atom stereocenters. The molecule has 1 N–H and O–H groups in total. The maximum Gasteiger partial charge on any atom is 0.317 e. The first kappa shape index (κ1) is 21.1. The Hall–Kier alpha value is -1.63. The van der Waals surface area contributed by atoms with Crippen molar-refractivity contribution in [1.29, 1.82) is 0 Å². The Morgan fingerprint density at radius 1 is 1.32 bits per heavy atom. The van der Waals surface area contributed by atoms with Gasteiger partial charge in [-0.25, -0.2) is 0 Å². The van der Waals surface area contributed by atoms with Gasteiger partial charge in [0, 0.05) is 26.2 Å². The van der Waals surface area contributed by atoms with Gasteiger partial charge in [0.25, 0.3) is 0 Å². The van der Waals surface area contributed by atoms with Gasteiger partial charge in [0.2, 0.25) is 0 Å². The lowest BCUT2D eigenvalue weighted by molar-refractivity contribution is -0.138. The fourth-order valence-corrected chi connectivity index (χ4v) is 4.24. The van der Waals surface area contributed by atoms with E-state index >= 15 is 0 Å². The minimum Gasteiger partial charge on any atom is -0.493 e. The second kappa shape index (κ2) is 10.8. The van der Waals surface area contributed by atoms with Gasteiger partial charge in [-0.15, -0.1) is 0 Å². The number of rotatable bonds is 9. The van der Waals surface area contributed by atoms with E-state index in [1.165, 1.54) is 37.7 Å². The molecule has 1 aromatic rings. The molecule has 1 saturated heterocycles. The van der Waals surface area contributed by atoms with Crippen LogP contribution in [0.15, 0.2) is 24.3 Å². The molecule has 3 rings (SSSR count). The SMILES string of the molecule is CN(CC(=O)O)CC1CN(Cc2cccc(OCC3CCCCC3)c2)CCO1. The summed E-state index contributed by atoms with van der Waals surface area (Å²) in [7, 11) is 1.82. The van der Waals surface area contributed by atoms with E-state index in [1.807, 2.05) is 7.05 Å². The predicted molar refractivity (Wildman–Crippen MR) is 109 cm³/mol. The van der Waals surface area contributed by atoms with Gasteiger partial charge in [0.15, 0.2) is 0 Å². The Morgan fingerprint density at radius 3 is 2.93 bits per heavy atom. The molecule has 2 aliphatic rings. The number of nitrogens with zero attached hydrogens (tertiary/aromatic N) is 2. The van der Waals surface area contributed by atoms with Crippen LogP contribution in [-0.4, -0.2) is 73.4 Å². The first-order valence-electron chi connectivity index (χ1n) is 10.5. The number of aliphatic carboxylic acids is 1. The van der Waals surface area contributed by atoms with Crippen LogP contribution in [0.2, 0.25) is 0 Å². The van der Waals surface area contributed by atoms with Gasteiger partial charge in [0.05, 0.1) is 25.9 Å². The van der Waals surface area contributed by atoms with E-state index < -0.39 is 5.97 Å². The molecule has 0 amide bonds. The Kier molecular flexibility index (Phi) is 8.13. The smallest absolute Gasteiger partial charge is 0.317 e. The van der Waals surface area contributed by atoms with Gasteiger partial charge in [0.1, 0.15) is 5.75 Å². The van der Waals surface area contributed by atoms with Crippen LogP contribution in [0, 0.1) is 5.92 Å². The number of hydrogen-bond donors (Lipinski definition) is 1. The van der Waals surface area contributed by atoms with E-state index in [-0.39, 0.29) is 12.6 Å². The van der Waals surface area contributed by atoms with E-state index in [4.69, 9.17) is 14.6 Å². The molecule has 6 heteroatoms. The second-order valence-electron chi connectivity index (χ2n) is 8.28. The molecule has 1 aliphatic heterocycles. The van der Waals surface area contributed by atoms with Crippen LogP contribution in [0.5, 0.6) is 5.75 Å². The normalized spacial score (nSPS) is 21.7. The number of ether oxygens (including phenoxy) is 2. The van der Waals surface area contributed by atoms with Gasteiger partial charge < -0.3 is 14.6 Å². The summed E-state index contributed by atoms with van der Waals surface area (Å²) in [4.78, 5) is 15.0. The summed E-state index contributed by atoms with van der Waals surface area (Å²) in [5.41, 5.74) is 1.25. The molecule has 0 radical (unpaired) electrons. The minimum absolute atomic E-state index is 0.0419. The van der Waals surface area contributed by atoms with Gasteiger partial charge in [-0.05, 0) is 43.5 Å². The highest BCUT2D eigenvalue weighted by Gasteiger charge is 2.22. The number of benzene rings is 1. The quantitative estimate of drug-likeness (QED) is 0.700. The predicted octanol–water partition coefficient (Wildman–Crippen LogP) is 2.86. The second-order valence-corrected chi connectivity index (χ2v) is 8.28. The topological polar surface area (TPSA) is 62.2 Å². The molecule has 0 aromatic heterocycles. The zero-order chi connectivity index (χ0) is 19.8. The molecule has 1 aliphatic carbocycles. The highest BCUT2D eigenvalue weighted by Crippen LogP contribution is 2.25. The van der Waals surface area contributed by atoms with Crippen LogP contribution in [0.4, 0.5) is 0 Å². The van der Waals surface area contributed by atoms with Gasteiger partial charge in [-0.1, -0.05) is 31.4 Å². The van der Waals surface area contributed by atoms with Crippen molar-refractivity contribution in [2.24, 2.45) is 5.92 Å². The number of hydrogen-bond acceptors (Lipinski definition) is 5. The maximum absolute atomic E-state index is 10.8. The summed E-state index contributed by atoms with van der Waals surface area (Å²) < 4.78 is 11.9. The molecule has 1 heterocycles. The van der Waals surface area contributed by atoms with E-state index in [9.17, 15) is 4.79 Å². The van der Waals surface area contributed by atoms with E-state index in [0.29, 0.717) is 19.1 Å². The first-order chi connectivity index (χ1) is 13.6. The van der Waals surface area contributed by atoms with Crippen LogP contribution < -0.4 is 4.74 Å². The molecule has 1 unspecified atom stereocenters. The standard InChI is InChI=1S/C22H34N2O4/c1-23(16-22(25)26)14-21-15-24(10-11-27-21)13-19-8-5-9-20(12-19)28-17-18-6-3-2-4-7-18/h5,8-9,12,18,21H,2-4,6-7,10-11,13-17H2,1H3,(H,25,26). The van der Waals surface area contributed by atoms with Gasteiger partial charge in [-0.3, -0.25) is 14.6 Å². The van der Waals surface area contributed by atoms with Gasteiger partial charge in [-0.2, -0.15) is 0 Å². The Labute approximate surface area is 168 Å². The van der Waals surface area contributed by atoms with Crippen molar-refractivity contribution < 1.29 is 19.4 Å². The van der Waals surface area contributed by atoms with Crippen molar-refractivity contribution >= 4 is 5.97 Å². The Morgan fingerprint density at radius 2 is 2.14 bits per heavy atom. The van der Waals surface area contributed by atoms with E-state index in [2.05, 4.69) is 29.2 Å². The molecule has 0 bridgehead atoms. The minimum atomic E-state index is -0.805. The van der Waals surface area contributed by atoms with Crippen LogP contribution in [0.3, 0.4) is 0 Å². The van der Waals surface area contributed by atoms with Crippen LogP contribution in [-0.2, 0) is 16.1 Å². The summed E-state index contributed by atoms with van der Waals surface area (Å²) in [6, 6.07) is 8.43. The van der Waals surface area contributed by atoms with Crippen molar-refractivity contribution in [2.45, 2.75) is 44.8 Å². The average Bonchev–Trinajstić information content (AvgIpc) is 2.67. The van der Waals surface area contributed by atoms with Crippen molar-refractivity contribution in [3.8, 4) is 5.75 Å². The monoisotopic (exact) mass is 390 g/mol. The highest BCUT2D eigenvalue weighted by molar-refractivity contribution is 5.69. The fraction of sp³-hybridized carbons (Fsp3) is 0.682. The van der Waals surface area contributed by atoms with Crippen LogP contribution >= 0.6 is 0 Å². The number of carbonyl (C=O) groups is 1. The largest absolute Gasteiger partial charge is 0.493 e.